The van der Waals surface area contributed by atoms with Crippen molar-refractivity contribution in [2.24, 2.45) is 0 Å². The first-order chi connectivity index (χ1) is 12.3. The van der Waals surface area contributed by atoms with Crippen LogP contribution in [-0.2, 0) is 16.2 Å². The molecule has 2 rings (SSSR count). The molecule has 0 heterocycles. The molecule has 0 atom stereocenters. The van der Waals surface area contributed by atoms with Crippen molar-refractivity contribution < 1.29 is 19.4 Å². The van der Waals surface area contributed by atoms with Crippen molar-refractivity contribution in [3.8, 4) is 5.75 Å². The highest BCUT2D eigenvalue weighted by Gasteiger charge is 2.12. The van der Waals surface area contributed by atoms with E-state index in [1.54, 1.807) is 18.2 Å². The molecule has 1 amide bonds. The van der Waals surface area contributed by atoms with Gasteiger partial charge >= 0.3 is 5.97 Å². The van der Waals surface area contributed by atoms with Crippen LogP contribution in [0.25, 0.3) is 6.08 Å². The van der Waals surface area contributed by atoms with Crippen LogP contribution in [0.5, 0.6) is 5.75 Å². The topological polar surface area (TPSA) is 75.6 Å². The molecule has 0 aliphatic carbocycles. The number of benzene rings is 2. The molecular weight excluding hydrogens is 489 g/mol. The maximum absolute atomic E-state index is 11.2. The molecule has 2 aromatic carbocycles. The molecule has 0 aliphatic rings. The molecule has 8 heteroatoms. The summed E-state index contributed by atoms with van der Waals surface area (Å²) in [5, 5.41) is 12.1. The molecular formula is C18H14Br2ClNO4. The van der Waals surface area contributed by atoms with Gasteiger partial charge in [0.1, 0.15) is 18.1 Å². The van der Waals surface area contributed by atoms with E-state index in [2.05, 4.69) is 37.2 Å². The number of halogens is 3. The first-order valence-corrected chi connectivity index (χ1v) is 9.31. The Kier molecular flexibility index (Phi) is 7.25. The molecule has 136 valence electrons. The summed E-state index contributed by atoms with van der Waals surface area (Å²) in [7, 11) is 0. The lowest BCUT2D eigenvalue weighted by molar-refractivity contribution is -0.134. The van der Waals surface area contributed by atoms with E-state index in [0.717, 1.165) is 5.56 Å². The predicted molar refractivity (Wildman–Crippen MR) is 107 cm³/mol. The lowest BCUT2D eigenvalue weighted by Crippen LogP contribution is -2.24. The van der Waals surface area contributed by atoms with Crippen LogP contribution in [0.4, 0.5) is 0 Å². The second kappa shape index (κ2) is 9.21. The van der Waals surface area contributed by atoms with Crippen LogP contribution in [0, 0.1) is 0 Å². The zero-order valence-corrected chi connectivity index (χ0v) is 17.5. The van der Waals surface area contributed by atoms with Crippen molar-refractivity contribution >= 4 is 61.4 Å². The van der Waals surface area contributed by atoms with Crippen molar-refractivity contribution in [2.45, 2.75) is 13.5 Å². The van der Waals surface area contributed by atoms with Crippen molar-refractivity contribution in [3.05, 3.63) is 67.2 Å². The minimum absolute atomic E-state index is 0.219. The molecule has 2 aromatic rings. The Morgan fingerprint density at radius 3 is 2.42 bits per heavy atom. The first kappa shape index (κ1) is 20.5. The molecule has 26 heavy (non-hydrogen) atoms. The van der Waals surface area contributed by atoms with E-state index in [9.17, 15) is 9.59 Å². The number of ether oxygens (including phenoxy) is 1. The van der Waals surface area contributed by atoms with Gasteiger partial charge in [0.25, 0.3) is 0 Å². The van der Waals surface area contributed by atoms with Crippen LogP contribution in [0.2, 0.25) is 5.02 Å². The highest BCUT2D eigenvalue weighted by Crippen LogP contribution is 2.36. The quantitative estimate of drug-likeness (QED) is 0.544. The Balaban J connectivity index is 2.24. The van der Waals surface area contributed by atoms with Gasteiger partial charge in [0.15, 0.2) is 0 Å². The number of carboxylic acid groups (broad SMARTS) is 1. The van der Waals surface area contributed by atoms with E-state index in [0.29, 0.717) is 31.9 Å². The van der Waals surface area contributed by atoms with Crippen LogP contribution in [-0.4, -0.2) is 17.0 Å². The average molecular weight is 504 g/mol. The average Bonchev–Trinajstić information content (AvgIpc) is 2.53. The highest BCUT2D eigenvalue weighted by molar-refractivity contribution is 9.11. The van der Waals surface area contributed by atoms with Crippen LogP contribution < -0.4 is 10.1 Å². The van der Waals surface area contributed by atoms with Crippen molar-refractivity contribution in [1.82, 2.24) is 5.32 Å². The number of amides is 1. The van der Waals surface area contributed by atoms with Gasteiger partial charge in [-0.1, -0.05) is 23.7 Å². The molecule has 0 saturated heterocycles. The lowest BCUT2D eigenvalue weighted by Gasteiger charge is -2.12. The third kappa shape index (κ3) is 5.86. The Morgan fingerprint density at radius 2 is 1.88 bits per heavy atom. The fourth-order valence-electron chi connectivity index (χ4n) is 2.09. The zero-order valence-electron chi connectivity index (χ0n) is 13.6. The van der Waals surface area contributed by atoms with Crippen molar-refractivity contribution in [3.63, 3.8) is 0 Å². The van der Waals surface area contributed by atoms with Gasteiger partial charge in [-0.15, -0.1) is 0 Å². The van der Waals surface area contributed by atoms with Crippen molar-refractivity contribution in [2.75, 3.05) is 0 Å². The van der Waals surface area contributed by atoms with Crippen LogP contribution in [0.15, 0.2) is 51.0 Å². The smallest absolute Gasteiger partial charge is 0.352 e. The van der Waals surface area contributed by atoms with Gasteiger partial charge in [0, 0.05) is 11.9 Å². The van der Waals surface area contributed by atoms with Gasteiger partial charge in [0.05, 0.1) is 8.95 Å². The summed E-state index contributed by atoms with van der Waals surface area (Å²) in [6.45, 7) is 1.56. The van der Waals surface area contributed by atoms with E-state index in [1.807, 2.05) is 18.2 Å². The normalized spacial score (nSPS) is 11.2. The lowest BCUT2D eigenvalue weighted by atomic mass is 10.2. The van der Waals surface area contributed by atoms with Crippen molar-refractivity contribution in [1.29, 1.82) is 0 Å². The maximum Gasteiger partial charge on any atom is 0.352 e. The summed E-state index contributed by atoms with van der Waals surface area (Å²) in [5.74, 6) is -1.12. The monoisotopic (exact) mass is 501 g/mol. The second-order valence-electron chi connectivity index (χ2n) is 5.28. The van der Waals surface area contributed by atoms with E-state index in [1.165, 1.54) is 13.0 Å². The number of aliphatic carboxylic acids is 1. The van der Waals surface area contributed by atoms with E-state index < -0.39 is 11.9 Å². The second-order valence-corrected chi connectivity index (χ2v) is 7.42. The summed E-state index contributed by atoms with van der Waals surface area (Å²) < 4.78 is 7.09. The summed E-state index contributed by atoms with van der Waals surface area (Å²) in [6.07, 6.45) is 1.36. The van der Waals surface area contributed by atoms with E-state index in [-0.39, 0.29) is 5.70 Å². The fraction of sp³-hybridized carbons (Fsp3) is 0.111. The van der Waals surface area contributed by atoms with Crippen LogP contribution >= 0.6 is 43.5 Å². The number of carbonyl (C=O) groups excluding carboxylic acids is 1. The van der Waals surface area contributed by atoms with Crippen LogP contribution in [0.3, 0.4) is 0 Å². The van der Waals surface area contributed by atoms with Gasteiger partial charge < -0.3 is 15.2 Å². The fourth-order valence-corrected chi connectivity index (χ4v) is 3.75. The van der Waals surface area contributed by atoms with E-state index >= 15 is 0 Å². The Labute approximate surface area is 172 Å². The number of nitrogens with one attached hydrogen (secondary N) is 1. The summed E-state index contributed by atoms with van der Waals surface area (Å²) in [4.78, 5) is 22.3. The molecule has 5 nitrogen and oxygen atoms in total. The Morgan fingerprint density at radius 1 is 1.23 bits per heavy atom. The molecule has 0 unspecified atom stereocenters. The molecule has 0 aliphatic heterocycles. The summed E-state index contributed by atoms with van der Waals surface area (Å²) >= 11 is 12.8. The number of carbonyl (C=O) groups is 2. The van der Waals surface area contributed by atoms with E-state index in [4.69, 9.17) is 21.4 Å². The number of carboxylic acids is 1. The number of hydrogen-bond donors (Lipinski definition) is 2. The highest BCUT2D eigenvalue weighted by atomic mass is 79.9. The number of hydrogen-bond acceptors (Lipinski definition) is 3. The SMILES string of the molecule is CC(=O)N/C(=C/c1cc(Br)c(OCc2cccc(Cl)c2)c(Br)c1)C(=O)O. The Bertz CT molecular complexity index is 860. The molecule has 0 aromatic heterocycles. The van der Waals surface area contributed by atoms with Crippen LogP contribution in [0.1, 0.15) is 18.1 Å². The van der Waals surface area contributed by atoms with Gasteiger partial charge in [-0.2, -0.15) is 0 Å². The standard InChI is InChI=1S/C18H14Br2ClNO4/c1-10(23)22-16(18(24)25)8-12-6-14(19)17(15(20)7-12)26-9-11-3-2-4-13(21)5-11/h2-8H,9H2,1H3,(H,22,23)(H,24,25)/b16-8+. The van der Waals surface area contributed by atoms with Gasteiger partial charge in [0.2, 0.25) is 5.91 Å². The number of rotatable bonds is 6. The molecule has 0 fully saturated rings. The van der Waals surface area contributed by atoms with Gasteiger partial charge in [-0.25, -0.2) is 4.79 Å². The minimum atomic E-state index is -1.23. The first-order valence-electron chi connectivity index (χ1n) is 7.35. The summed E-state index contributed by atoms with van der Waals surface area (Å²) in [6, 6.07) is 10.7. The Hall–Kier alpha value is -1.83. The minimum Gasteiger partial charge on any atom is -0.487 e. The third-order valence-electron chi connectivity index (χ3n) is 3.14. The third-order valence-corrected chi connectivity index (χ3v) is 4.56. The van der Waals surface area contributed by atoms with Gasteiger partial charge in [-0.05, 0) is 73.3 Å². The molecule has 0 saturated carbocycles. The zero-order chi connectivity index (χ0) is 19.3. The van der Waals surface area contributed by atoms with Gasteiger partial charge in [-0.3, -0.25) is 4.79 Å². The molecule has 0 spiro atoms. The molecule has 0 radical (unpaired) electrons. The summed E-state index contributed by atoms with van der Waals surface area (Å²) in [5.41, 5.74) is 1.27. The molecule has 2 N–H and O–H groups in total. The predicted octanol–water partition coefficient (Wildman–Crippen LogP) is 5.01. The maximum atomic E-state index is 11.2. The largest absolute Gasteiger partial charge is 0.487 e. The molecule has 0 bridgehead atoms.